The zero-order valence-corrected chi connectivity index (χ0v) is 8.51. The molecule has 0 aromatic heterocycles. The van der Waals surface area contributed by atoms with E-state index < -0.39 is 5.60 Å². The maximum atomic E-state index is 5.32. The average molecular weight is 173 g/mol. The SMILES string of the molecule is COC(C)(C)C(=NC(C)C)NN. The summed E-state index contributed by atoms with van der Waals surface area (Å²) in [6, 6.07) is 0.213. The highest BCUT2D eigenvalue weighted by Gasteiger charge is 2.23. The summed E-state index contributed by atoms with van der Waals surface area (Å²) in [6.07, 6.45) is 0. The summed E-state index contributed by atoms with van der Waals surface area (Å²) < 4.78 is 5.22. The fraction of sp³-hybridized carbons (Fsp3) is 0.875. The Morgan fingerprint density at radius 1 is 1.50 bits per heavy atom. The van der Waals surface area contributed by atoms with Crippen LogP contribution >= 0.6 is 0 Å². The minimum absolute atomic E-state index is 0.213. The lowest BCUT2D eigenvalue weighted by Crippen LogP contribution is -2.47. The zero-order valence-electron chi connectivity index (χ0n) is 8.51. The van der Waals surface area contributed by atoms with Gasteiger partial charge in [0.2, 0.25) is 0 Å². The Balaban J connectivity index is 4.54. The third-order valence-corrected chi connectivity index (χ3v) is 1.60. The number of aliphatic imine (C=N–C) groups is 1. The summed E-state index contributed by atoms with van der Waals surface area (Å²) in [6.45, 7) is 7.80. The van der Waals surface area contributed by atoms with Crippen molar-refractivity contribution in [3.63, 3.8) is 0 Å². The van der Waals surface area contributed by atoms with Gasteiger partial charge in [0.15, 0.2) is 0 Å². The highest BCUT2D eigenvalue weighted by atomic mass is 16.5. The van der Waals surface area contributed by atoms with E-state index in [-0.39, 0.29) is 6.04 Å². The molecule has 0 heterocycles. The molecular formula is C8H19N3O. The molecule has 0 aliphatic rings. The van der Waals surface area contributed by atoms with Crippen molar-refractivity contribution >= 4 is 5.84 Å². The minimum Gasteiger partial charge on any atom is -0.371 e. The van der Waals surface area contributed by atoms with Crippen LogP contribution in [0.2, 0.25) is 0 Å². The fourth-order valence-corrected chi connectivity index (χ4v) is 0.721. The Labute approximate surface area is 74.2 Å². The molecule has 0 saturated carbocycles. The molecule has 0 amide bonds. The van der Waals surface area contributed by atoms with Gasteiger partial charge in [0.05, 0.1) is 0 Å². The van der Waals surface area contributed by atoms with Crippen LogP contribution in [0, 0.1) is 0 Å². The topological polar surface area (TPSA) is 59.6 Å². The van der Waals surface area contributed by atoms with Crippen LogP contribution in [-0.2, 0) is 4.74 Å². The molecule has 0 fully saturated rings. The molecule has 0 aliphatic carbocycles. The second kappa shape index (κ2) is 4.42. The first-order valence-corrected chi connectivity index (χ1v) is 4.04. The number of amidine groups is 1. The van der Waals surface area contributed by atoms with Gasteiger partial charge < -0.3 is 10.2 Å². The predicted molar refractivity (Wildman–Crippen MR) is 51.0 cm³/mol. The minimum atomic E-state index is -0.445. The number of hydrogen-bond donors (Lipinski definition) is 2. The van der Waals surface area contributed by atoms with E-state index in [1.807, 2.05) is 27.7 Å². The monoisotopic (exact) mass is 173 g/mol. The summed E-state index contributed by atoms with van der Waals surface area (Å²) in [5, 5.41) is 0. The number of rotatable bonds is 3. The number of methoxy groups -OCH3 is 1. The summed E-state index contributed by atoms with van der Waals surface area (Å²) in [5.41, 5.74) is 2.10. The summed E-state index contributed by atoms with van der Waals surface area (Å²) in [5.74, 6) is 5.99. The maximum Gasteiger partial charge on any atom is 0.143 e. The van der Waals surface area contributed by atoms with E-state index in [1.54, 1.807) is 7.11 Å². The molecule has 3 N–H and O–H groups in total. The molecule has 0 rings (SSSR count). The van der Waals surface area contributed by atoms with E-state index in [0.29, 0.717) is 5.84 Å². The van der Waals surface area contributed by atoms with Crippen LogP contribution in [0.25, 0.3) is 0 Å². The van der Waals surface area contributed by atoms with Gasteiger partial charge in [-0.05, 0) is 27.7 Å². The van der Waals surface area contributed by atoms with Gasteiger partial charge >= 0.3 is 0 Å². The van der Waals surface area contributed by atoms with Crippen molar-refractivity contribution in [1.82, 2.24) is 5.43 Å². The third-order valence-electron chi connectivity index (χ3n) is 1.60. The second-order valence-electron chi connectivity index (χ2n) is 3.43. The Kier molecular flexibility index (Phi) is 4.20. The van der Waals surface area contributed by atoms with Gasteiger partial charge in [-0.3, -0.25) is 4.99 Å². The molecule has 0 saturated heterocycles. The van der Waals surface area contributed by atoms with Crippen LogP contribution < -0.4 is 11.3 Å². The van der Waals surface area contributed by atoms with Crippen molar-refractivity contribution in [2.24, 2.45) is 10.8 Å². The first kappa shape index (κ1) is 11.4. The van der Waals surface area contributed by atoms with Crippen molar-refractivity contribution in [2.75, 3.05) is 7.11 Å². The second-order valence-corrected chi connectivity index (χ2v) is 3.43. The smallest absolute Gasteiger partial charge is 0.143 e. The Morgan fingerprint density at radius 3 is 2.25 bits per heavy atom. The molecule has 0 unspecified atom stereocenters. The zero-order chi connectivity index (χ0) is 9.78. The quantitative estimate of drug-likeness (QED) is 0.285. The molecule has 0 spiro atoms. The molecule has 0 radical (unpaired) electrons. The predicted octanol–water partition coefficient (Wildman–Crippen LogP) is 0.682. The van der Waals surface area contributed by atoms with E-state index in [0.717, 1.165) is 0 Å². The summed E-state index contributed by atoms with van der Waals surface area (Å²) >= 11 is 0. The number of nitrogens with zero attached hydrogens (tertiary/aromatic N) is 1. The van der Waals surface area contributed by atoms with E-state index in [9.17, 15) is 0 Å². The van der Waals surface area contributed by atoms with Gasteiger partial charge in [0.25, 0.3) is 0 Å². The van der Waals surface area contributed by atoms with Crippen LogP contribution in [0.1, 0.15) is 27.7 Å². The lowest BCUT2D eigenvalue weighted by atomic mass is 10.1. The van der Waals surface area contributed by atoms with E-state index >= 15 is 0 Å². The lowest BCUT2D eigenvalue weighted by Gasteiger charge is -2.25. The molecule has 0 aliphatic heterocycles. The normalized spacial score (nSPS) is 13.8. The van der Waals surface area contributed by atoms with Crippen molar-refractivity contribution in [2.45, 2.75) is 39.3 Å². The van der Waals surface area contributed by atoms with Gasteiger partial charge in [-0.1, -0.05) is 0 Å². The molecule has 0 bridgehead atoms. The van der Waals surface area contributed by atoms with Crippen LogP contribution in [0.5, 0.6) is 0 Å². The standard InChI is InChI=1S/C8H19N3O/c1-6(2)10-7(11-9)8(3,4)12-5/h6H,9H2,1-5H3,(H,10,11). The fourth-order valence-electron chi connectivity index (χ4n) is 0.721. The number of ether oxygens (including phenoxy) is 1. The molecule has 0 aromatic rings. The number of hydrogen-bond acceptors (Lipinski definition) is 3. The molecule has 4 nitrogen and oxygen atoms in total. The van der Waals surface area contributed by atoms with Crippen LogP contribution in [0.3, 0.4) is 0 Å². The van der Waals surface area contributed by atoms with Crippen molar-refractivity contribution < 1.29 is 4.74 Å². The number of hydrazine groups is 1. The van der Waals surface area contributed by atoms with Gasteiger partial charge in [-0.2, -0.15) is 0 Å². The van der Waals surface area contributed by atoms with Crippen molar-refractivity contribution in [1.29, 1.82) is 0 Å². The van der Waals surface area contributed by atoms with E-state index in [1.165, 1.54) is 0 Å². The van der Waals surface area contributed by atoms with Crippen LogP contribution in [-0.4, -0.2) is 24.6 Å². The largest absolute Gasteiger partial charge is 0.371 e. The lowest BCUT2D eigenvalue weighted by molar-refractivity contribution is 0.0792. The van der Waals surface area contributed by atoms with Crippen molar-refractivity contribution in [3.8, 4) is 0 Å². The molecule has 4 heteroatoms. The highest BCUT2D eigenvalue weighted by molar-refractivity contribution is 5.89. The van der Waals surface area contributed by atoms with Crippen LogP contribution in [0.15, 0.2) is 4.99 Å². The Hall–Kier alpha value is -0.610. The molecule has 0 aromatic carbocycles. The van der Waals surface area contributed by atoms with Gasteiger partial charge in [0, 0.05) is 13.2 Å². The average Bonchev–Trinajstić information content (AvgIpc) is 1.99. The van der Waals surface area contributed by atoms with Crippen molar-refractivity contribution in [3.05, 3.63) is 0 Å². The van der Waals surface area contributed by atoms with Gasteiger partial charge in [0.1, 0.15) is 11.4 Å². The first-order valence-electron chi connectivity index (χ1n) is 4.04. The molecule has 0 atom stereocenters. The number of nitrogens with two attached hydrogens (primary N) is 1. The number of nitrogens with one attached hydrogen (secondary N) is 1. The molecule has 72 valence electrons. The third kappa shape index (κ3) is 3.19. The molecular weight excluding hydrogens is 154 g/mol. The highest BCUT2D eigenvalue weighted by Crippen LogP contribution is 2.09. The Bertz CT molecular complexity index is 164. The molecule has 12 heavy (non-hydrogen) atoms. The summed E-state index contributed by atoms with van der Waals surface area (Å²) in [4.78, 5) is 4.29. The maximum absolute atomic E-state index is 5.32. The van der Waals surface area contributed by atoms with Gasteiger partial charge in [-0.15, -0.1) is 0 Å². The van der Waals surface area contributed by atoms with E-state index in [2.05, 4.69) is 10.4 Å². The van der Waals surface area contributed by atoms with E-state index in [4.69, 9.17) is 10.6 Å². The van der Waals surface area contributed by atoms with Gasteiger partial charge in [-0.25, -0.2) is 5.84 Å². The first-order chi connectivity index (χ1) is 5.44. The van der Waals surface area contributed by atoms with Crippen LogP contribution in [0.4, 0.5) is 0 Å². The summed E-state index contributed by atoms with van der Waals surface area (Å²) in [7, 11) is 1.63. The Morgan fingerprint density at radius 2 is 2.00 bits per heavy atom.